The second-order valence-electron chi connectivity index (χ2n) is 5.97. The number of thioether (sulfide) groups is 1. The predicted octanol–water partition coefficient (Wildman–Crippen LogP) is 4.10. The Bertz CT molecular complexity index is 810. The molecule has 0 radical (unpaired) electrons. The molecule has 0 spiro atoms. The minimum absolute atomic E-state index is 0.0422. The fourth-order valence-corrected chi connectivity index (χ4v) is 4.54. The van der Waals surface area contributed by atoms with Crippen LogP contribution in [0.25, 0.3) is 5.57 Å². The second kappa shape index (κ2) is 8.66. The van der Waals surface area contributed by atoms with E-state index in [0.29, 0.717) is 21.9 Å². The summed E-state index contributed by atoms with van der Waals surface area (Å²) < 4.78 is 0. The van der Waals surface area contributed by atoms with Crippen LogP contribution < -0.4 is 4.90 Å². The van der Waals surface area contributed by atoms with Gasteiger partial charge in [0.05, 0.1) is 22.8 Å². The number of benzene rings is 1. The lowest BCUT2D eigenvalue weighted by Gasteiger charge is -2.15. The lowest BCUT2D eigenvalue weighted by Crippen LogP contribution is -2.31. The summed E-state index contributed by atoms with van der Waals surface area (Å²) in [6, 6.07) is 11.4. The molecule has 136 valence electrons. The van der Waals surface area contributed by atoms with E-state index in [1.165, 1.54) is 33.6 Å². The second-order valence-corrected chi connectivity index (χ2v) is 8.02. The number of unbranched alkanes of at least 4 members (excludes halogenated alkanes) is 1. The molecule has 0 saturated heterocycles. The van der Waals surface area contributed by atoms with Gasteiger partial charge in [-0.3, -0.25) is 9.59 Å². The van der Waals surface area contributed by atoms with Crippen molar-refractivity contribution in [3.63, 3.8) is 0 Å². The average Bonchev–Trinajstić information content (AvgIpc) is 3.25. The van der Waals surface area contributed by atoms with Crippen LogP contribution in [-0.2, 0) is 16.0 Å². The summed E-state index contributed by atoms with van der Waals surface area (Å²) in [6.07, 6.45) is 3.24. The molecule has 3 rings (SSSR count). The maximum atomic E-state index is 13.0. The first-order valence-electron chi connectivity index (χ1n) is 8.67. The summed E-state index contributed by atoms with van der Waals surface area (Å²) >= 11 is 2.68. The topological polar surface area (TPSA) is 57.6 Å². The summed E-state index contributed by atoms with van der Waals surface area (Å²) in [5, 5.41) is 11.0. The zero-order valence-corrected chi connectivity index (χ0v) is 16.2. The van der Waals surface area contributed by atoms with Gasteiger partial charge in [0.15, 0.2) is 0 Å². The van der Waals surface area contributed by atoms with Crippen molar-refractivity contribution in [2.45, 2.75) is 26.2 Å². The number of amides is 2. The summed E-state index contributed by atoms with van der Waals surface area (Å²) in [5.41, 5.74) is 2.24. The molecule has 1 aromatic heterocycles. The van der Waals surface area contributed by atoms with Crippen molar-refractivity contribution in [3.8, 4) is 0 Å². The molecule has 6 heteroatoms. The van der Waals surface area contributed by atoms with E-state index < -0.39 is 0 Å². The predicted molar refractivity (Wildman–Crippen MR) is 108 cm³/mol. The molecular formula is C20H21NO3S2. The minimum Gasteiger partial charge on any atom is -0.396 e. The van der Waals surface area contributed by atoms with E-state index in [1.54, 1.807) is 0 Å². The van der Waals surface area contributed by atoms with Crippen molar-refractivity contribution >= 4 is 46.2 Å². The van der Waals surface area contributed by atoms with Crippen molar-refractivity contribution < 1.29 is 14.7 Å². The molecule has 0 bridgehead atoms. The number of hydrogen-bond acceptors (Lipinski definition) is 5. The Morgan fingerprint density at radius 1 is 1.12 bits per heavy atom. The Balaban J connectivity index is 1.91. The number of rotatable bonds is 8. The highest BCUT2D eigenvalue weighted by atomic mass is 32.2. The van der Waals surface area contributed by atoms with Gasteiger partial charge in [0.1, 0.15) is 0 Å². The first-order valence-corrected chi connectivity index (χ1v) is 10.5. The number of carbonyl (C=O) groups excluding carboxylic acids is 2. The van der Waals surface area contributed by atoms with Gasteiger partial charge in [-0.1, -0.05) is 31.5 Å². The Morgan fingerprint density at radius 2 is 1.88 bits per heavy atom. The smallest absolute Gasteiger partial charge is 0.272 e. The van der Waals surface area contributed by atoms with Crippen LogP contribution in [-0.4, -0.2) is 29.3 Å². The molecule has 1 aliphatic rings. The zero-order valence-electron chi connectivity index (χ0n) is 14.6. The summed E-state index contributed by atoms with van der Waals surface area (Å²) in [5.74, 6) is -0.218. The van der Waals surface area contributed by atoms with Crippen LogP contribution in [0, 0.1) is 0 Å². The molecule has 2 aromatic rings. The molecular weight excluding hydrogens is 366 g/mol. The van der Waals surface area contributed by atoms with E-state index in [2.05, 4.69) is 6.92 Å². The number of imide groups is 1. The molecule has 0 fully saturated rings. The van der Waals surface area contributed by atoms with Gasteiger partial charge in [-0.25, -0.2) is 4.90 Å². The van der Waals surface area contributed by atoms with Crippen molar-refractivity contribution in [2.24, 2.45) is 0 Å². The molecule has 2 amide bonds. The van der Waals surface area contributed by atoms with Crippen LogP contribution in [0.3, 0.4) is 0 Å². The largest absolute Gasteiger partial charge is 0.396 e. The van der Waals surface area contributed by atoms with Crippen molar-refractivity contribution in [1.82, 2.24) is 0 Å². The van der Waals surface area contributed by atoms with Crippen LogP contribution in [0.15, 0.2) is 46.7 Å². The number of hydrogen-bond donors (Lipinski definition) is 1. The lowest BCUT2D eigenvalue weighted by atomic mass is 10.1. The Hall–Kier alpha value is -1.89. The Kier molecular flexibility index (Phi) is 6.29. The van der Waals surface area contributed by atoms with Crippen LogP contribution in [0.4, 0.5) is 5.69 Å². The van der Waals surface area contributed by atoms with E-state index in [1.807, 2.05) is 41.8 Å². The first-order chi connectivity index (χ1) is 12.7. The highest BCUT2D eigenvalue weighted by Crippen LogP contribution is 2.39. The third kappa shape index (κ3) is 3.77. The Morgan fingerprint density at radius 3 is 2.50 bits per heavy atom. The van der Waals surface area contributed by atoms with E-state index >= 15 is 0 Å². The van der Waals surface area contributed by atoms with Gasteiger partial charge < -0.3 is 5.11 Å². The number of thiophene rings is 1. The number of aliphatic hydroxyl groups is 1. The normalized spacial score (nSPS) is 14.6. The minimum atomic E-state index is -0.307. The van der Waals surface area contributed by atoms with Gasteiger partial charge in [0, 0.05) is 10.6 Å². The summed E-state index contributed by atoms with van der Waals surface area (Å²) in [4.78, 5) is 28.4. The van der Waals surface area contributed by atoms with Crippen LogP contribution in [0.5, 0.6) is 0 Å². The molecule has 1 N–H and O–H groups in total. The van der Waals surface area contributed by atoms with Gasteiger partial charge in [-0.15, -0.1) is 23.1 Å². The highest BCUT2D eigenvalue weighted by Gasteiger charge is 2.40. The summed E-state index contributed by atoms with van der Waals surface area (Å²) in [6.45, 7) is 2.11. The molecule has 4 nitrogen and oxygen atoms in total. The van der Waals surface area contributed by atoms with Gasteiger partial charge in [-0.05, 0) is 42.0 Å². The average molecular weight is 388 g/mol. The number of aryl methyl sites for hydroxylation is 1. The number of anilines is 1. The maximum Gasteiger partial charge on any atom is 0.272 e. The van der Waals surface area contributed by atoms with Crippen LogP contribution >= 0.6 is 23.1 Å². The highest BCUT2D eigenvalue weighted by molar-refractivity contribution is 8.04. The molecule has 2 heterocycles. The quantitative estimate of drug-likeness (QED) is 0.693. The van der Waals surface area contributed by atoms with Crippen LogP contribution in [0.1, 0.15) is 30.2 Å². The Labute approximate surface area is 161 Å². The maximum absolute atomic E-state index is 13.0. The molecule has 26 heavy (non-hydrogen) atoms. The monoisotopic (exact) mass is 387 g/mol. The van der Waals surface area contributed by atoms with Gasteiger partial charge in [0.2, 0.25) is 0 Å². The molecule has 1 aliphatic heterocycles. The van der Waals surface area contributed by atoms with Crippen LogP contribution in [0.2, 0.25) is 0 Å². The van der Waals surface area contributed by atoms with E-state index in [-0.39, 0.29) is 18.4 Å². The summed E-state index contributed by atoms with van der Waals surface area (Å²) in [7, 11) is 0. The molecule has 0 aliphatic carbocycles. The van der Waals surface area contributed by atoms with Crippen molar-refractivity contribution in [2.75, 3.05) is 17.3 Å². The molecule has 1 aromatic carbocycles. The third-order valence-corrected chi connectivity index (χ3v) is 6.10. The van der Waals surface area contributed by atoms with E-state index in [4.69, 9.17) is 5.11 Å². The first kappa shape index (κ1) is 18.9. The van der Waals surface area contributed by atoms with Gasteiger partial charge in [-0.2, -0.15) is 0 Å². The van der Waals surface area contributed by atoms with E-state index in [0.717, 1.165) is 24.1 Å². The molecule has 0 saturated carbocycles. The molecule has 0 atom stereocenters. The van der Waals surface area contributed by atoms with Gasteiger partial charge in [0.25, 0.3) is 11.8 Å². The third-order valence-electron chi connectivity index (χ3n) is 4.16. The SMILES string of the molecule is CCCCc1ccc(N2C(=O)C(SCCO)=C(c3cccs3)C2=O)cc1. The number of nitrogens with zero attached hydrogens (tertiary/aromatic N) is 1. The number of aliphatic hydroxyl groups excluding tert-OH is 1. The fourth-order valence-electron chi connectivity index (χ4n) is 2.86. The van der Waals surface area contributed by atoms with Gasteiger partial charge >= 0.3 is 0 Å². The lowest BCUT2D eigenvalue weighted by molar-refractivity contribution is -0.119. The van der Waals surface area contributed by atoms with Crippen molar-refractivity contribution in [1.29, 1.82) is 0 Å². The standard InChI is InChI=1S/C20H21NO3S2/c1-2-3-5-14-7-9-15(10-8-14)21-19(23)17(16-6-4-12-25-16)18(20(21)24)26-13-11-22/h4,6-10,12,22H,2-3,5,11,13H2,1H3. The van der Waals surface area contributed by atoms with E-state index in [9.17, 15) is 9.59 Å². The molecule has 0 unspecified atom stereocenters. The zero-order chi connectivity index (χ0) is 18.5. The fraction of sp³-hybridized carbons (Fsp3) is 0.300. The number of carbonyl (C=O) groups is 2. The van der Waals surface area contributed by atoms with Crippen molar-refractivity contribution in [3.05, 3.63) is 57.1 Å².